The molecule has 7 nitrogen and oxygen atoms in total. The fraction of sp³-hybridized carbons (Fsp3) is 0.552. The average molecular weight is 497 g/mol. The van der Waals surface area contributed by atoms with E-state index in [2.05, 4.69) is 34.9 Å². The van der Waals surface area contributed by atoms with Crippen LogP contribution in [0.4, 0.5) is 4.79 Å². The zero-order chi connectivity index (χ0) is 25.3. The number of urea groups is 1. The Labute approximate surface area is 214 Å². The van der Waals surface area contributed by atoms with Crippen LogP contribution in [0.5, 0.6) is 11.5 Å². The minimum absolute atomic E-state index is 0.136. The highest BCUT2D eigenvalue weighted by Crippen LogP contribution is 2.36. The van der Waals surface area contributed by atoms with Crippen molar-refractivity contribution in [2.75, 3.05) is 52.7 Å². The zero-order valence-electron chi connectivity index (χ0n) is 21.6. The Morgan fingerprint density at radius 2 is 1.06 bits per heavy atom. The molecule has 2 amide bonds. The third-order valence-electron chi connectivity index (χ3n) is 7.63. The van der Waals surface area contributed by atoms with Crippen LogP contribution in [0.1, 0.15) is 50.7 Å². The van der Waals surface area contributed by atoms with Gasteiger partial charge in [0.15, 0.2) is 0 Å². The molecule has 36 heavy (non-hydrogen) atoms. The normalized spacial score (nSPS) is 18.7. The lowest BCUT2D eigenvalue weighted by atomic mass is 9.74. The van der Waals surface area contributed by atoms with E-state index in [0.29, 0.717) is 52.7 Å². The molecule has 0 bridgehead atoms. The molecular formula is C29H40N2O5. The van der Waals surface area contributed by atoms with Crippen molar-refractivity contribution < 1.29 is 23.7 Å². The van der Waals surface area contributed by atoms with Crippen molar-refractivity contribution in [3.63, 3.8) is 0 Å². The van der Waals surface area contributed by atoms with Crippen molar-refractivity contribution in [1.82, 2.24) is 10.6 Å². The predicted molar refractivity (Wildman–Crippen MR) is 140 cm³/mol. The first-order chi connectivity index (χ1) is 17.6. The van der Waals surface area contributed by atoms with Crippen LogP contribution in [0, 0.1) is 0 Å². The summed E-state index contributed by atoms with van der Waals surface area (Å²) in [5, 5.41) is 6.35. The smallest absolute Gasteiger partial charge is 0.314 e. The summed E-state index contributed by atoms with van der Waals surface area (Å²) in [4.78, 5) is 13.0. The molecule has 2 heterocycles. The molecule has 0 atom stereocenters. The Morgan fingerprint density at radius 1 is 0.694 bits per heavy atom. The molecule has 0 aromatic heterocycles. The van der Waals surface area contributed by atoms with E-state index >= 15 is 0 Å². The lowest BCUT2D eigenvalue weighted by molar-refractivity contribution is 0.0489. The van der Waals surface area contributed by atoms with E-state index in [1.54, 1.807) is 0 Å². The SMILES string of the molecule is CCOc1ccc(C2(CNC(=O)NCC3(c4ccc(OCC)cc4)CCOCC3)CCOCC2)cc1. The van der Waals surface area contributed by atoms with Crippen molar-refractivity contribution in [2.24, 2.45) is 0 Å². The second kappa shape index (κ2) is 12.5. The van der Waals surface area contributed by atoms with Crippen LogP contribution in [0.2, 0.25) is 0 Å². The van der Waals surface area contributed by atoms with Gasteiger partial charge in [0, 0.05) is 50.3 Å². The number of benzene rings is 2. The van der Waals surface area contributed by atoms with Crippen LogP contribution in [-0.2, 0) is 20.3 Å². The Hall–Kier alpha value is -2.77. The van der Waals surface area contributed by atoms with Gasteiger partial charge in [-0.2, -0.15) is 0 Å². The summed E-state index contributed by atoms with van der Waals surface area (Å²) in [7, 11) is 0. The molecule has 7 heteroatoms. The van der Waals surface area contributed by atoms with E-state index in [-0.39, 0.29) is 16.9 Å². The molecule has 0 spiro atoms. The Bertz CT molecular complexity index is 871. The molecule has 2 saturated heterocycles. The molecule has 0 radical (unpaired) electrons. The second-order valence-electron chi connectivity index (χ2n) is 9.74. The summed E-state index contributed by atoms with van der Waals surface area (Å²) >= 11 is 0. The number of amides is 2. The molecule has 0 aliphatic carbocycles. The molecule has 196 valence electrons. The Morgan fingerprint density at radius 3 is 1.39 bits per heavy atom. The van der Waals surface area contributed by atoms with Gasteiger partial charge in [-0.25, -0.2) is 4.79 Å². The first-order valence-corrected chi connectivity index (χ1v) is 13.2. The minimum atomic E-state index is -0.147. The van der Waals surface area contributed by atoms with E-state index in [1.807, 2.05) is 38.1 Å². The van der Waals surface area contributed by atoms with E-state index < -0.39 is 0 Å². The number of nitrogens with one attached hydrogen (secondary N) is 2. The minimum Gasteiger partial charge on any atom is -0.494 e. The van der Waals surface area contributed by atoms with E-state index in [1.165, 1.54) is 11.1 Å². The second-order valence-corrected chi connectivity index (χ2v) is 9.74. The molecule has 2 aliphatic rings. The number of carbonyl (C=O) groups is 1. The van der Waals surface area contributed by atoms with Gasteiger partial charge < -0.3 is 29.6 Å². The lowest BCUT2D eigenvalue weighted by Gasteiger charge is -2.39. The first kappa shape index (κ1) is 26.3. The monoisotopic (exact) mass is 496 g/mol. The number of ether oxygens (including phenoxy) is 4. The van der Waals surface area contributed by atoms with Gasteiger partial charge in [-0.15, -0.1) is 0 Å². The topological polar surface area (TPSA) is 78.1 Å². The van der Waals surface area contributed by atoms with E-state index in [4.69, 9.17) is 18.9 Å². The summed E-state index contributed by atoms with van der Waals surface area (Å²) in [5.74, 6) is 1.73. The van der Waals surface area contributed by atoms with Gasteiger partial charge in [-0.1, -0.05) is 24.3 Å². The highest BCUT2D eigenvalue weighted by Gasteiger charge is 2.37. The third-order valence-corrected chi connectivity index (χ3v) is 7.63. The summed E-state index contributed by atoms with van der Waals surface area (Å²) in [5.41, 5.74) is 2.13. The zero-order valence-corrected chi connectivity index (χ0v) is 21.6. The summed E-state index contributed by atoms with van der Waals surface area (Å²) in [6.07, 6.45) is 3.48. The van der Waals surface area contributed by atoms with Crippen LogP contribution >= 0.6 is 0 Å². The maximum atomic E-state index is 13.0. The largest absolute Gasteiger partial charge is 0.494 e. The molecule has 2 aromatic rings. The summed E-state index contributed by atoms with van der Waals surface area (Å²) in [6.45, 7) is 9.15. The van der Waals surface area contributed by atoms with Crippen LogP contribution in [-0.4, -0.2) is 58.8 Å². The predicted octanol–water partition coefficient (Wildman–Crippen LogP) is 4.58. The molecule has 2 aromatic carbocycles. The van der Waals surface area contributed by atoms with E-state index in [0.717, 1.165) is 37.2 Å². The van der Waals surface area contributed by atoms with Gasteiger partial charge in [-0.3, -0.25) is 0 Å². The summed E-state index contributed by atoms with van der Waals surface area (Å²) in [6, 6.07) is 16.4. The summed E-state index contributed by atoms with van der Waals surface area (Å²) < 4.78 is 22.5. The molecule has 4 rings (SSSR count). The van der Waals surface area contributed by atoms with Crippen molar-refractivity contribution in [1.29, 1.82) is 0 Å². The van der Waals surface area contributed by atoms with E-state index in [9.17, 15) is 4.79 Å². The molecule has 2 aliphatic heterocycles. The van der Waals surface area contributed by atoms with Crippen molar-refractivity contribution in [3.8, 4) is 11.5 Å². The van der Waals surface area contributed by atoms with Gasteiger partial charge in [-0.05, 0) is 74.9 Å². The number of rotatable bonds is 10. The quantitative estimate of drug-likeness (QED) is 0.504. The van der Waals surface area contributed by atoms with Gasteiger partial charge in [0.1, 0.15) is 11.5 Å². The molecule has 2 N–H and O–H groups in total. The van der Waals surface area contributed by atoms with Gasteiger partial charge in [0.2, 0.25) is 0 Å². The molecular weight excluding hydrogens is 456 g/mol. The van der Waals surface area contributed by atoms with Gasteiger partial charge in [0.05, 0.1) is 13.2 Å². The van der Waals surface area contributed by atoms with Gasteiger partial charge >= 0.3 is 6.03 Å². The van der Waals surface area contributed by atoms with Crippen LogP contribution in [0.3, 0.4) is 0 Å². The number of carbonyl (C=O) groups excluding carboxylic acids is 1. The van der Waals surface area contributed by atoms with Crippen molar-refractivity contribution >= 4 is 6.03 Å². The molecule has 2 fully saturated rings. The first-order valence-electron chi connectivity index (χ1n) is 13.2. The van der Waals surface area contributed by atoms with Crippen molar-refractivity contribution in [2.45, 2.75) is 50.4 Å². The fourth-order valence-corrected chi connectivity index (χ4v) is 5.36. The molecule has 0 saturated carbocycles. The highest BCUT2D eigenvalue weighted by atomic mass is 16.5. The standard InChI is InChI=1S/C29H40N2O5/c1-3-35-25-9-5-23(6-10-25)28(13-17-33-18-14-28)21-30-27(32)31-22-29(15-19-34-20-16-29)24-7-11-26(12-8-24)36-4-2/h5-12H,3-4,13-22H2,1-2H3,(H2,30,31,32). The third kappa shape index (κ3) is 6.31. The average Bonchev–Trinajstić information content (AvgIpc) is 2.93. The number of hydrogen-bond donors (Lipinski definition) is 2. The number of hydrogen-bond acceptors (Lipinski definition) is 5. The van der Waals surface area contributed by atoms with Gasteiger partial charge in [0.25, 0.3) is 0 Å². The highest BCUT2D eigenvalue weighted by molar-refractivity contribution is 5.74. The van der Waals surface area contributed by atoms with Crippen LogP contribution in [0.15, 0.2) is 48.5 Å². The lowest BCUT2D eigenvalue weighted by Crippen LogP contribution is -2.51. The Balaban J connectivity index is 1.40. The van der Waals surface area contributed by atoms with Crippen LogP contribution in [0.25, 0.3) is 0 Å². The van der Waals surface area contributed by atoms with Crippen LogP contribution < -0.4 is 20.1 Å². The van der Waals surface area contributed by atoms with Crippen molar-refractivity contribution in [3.05, 3.63) is 59.7 Å². The maximum Gasteiger partial charge on any atom is 0.314 e. The Kier molecular flexibility index (Phi) is 9.10. The molecule has 0 unspecified atom stereocenters. The fourth-order valence-electron chi connectivity index (χ4n) is 5.36. The maximum absolute atomic E-state index is 13.0.